The predicted octanol–water partition coefficient (Wildman–Crippen LogP) is 1.15. The largest absolute Gasteiger partial charge is 0.360 e. The summed E-state index contributed by atoms with van der Waals surface area (Å²) in [6.07, 6.45) is 1.51. The molecule has 0 radical (unpaired) electrons. The number of aromatic amines is 1. The maximum absolute atomic E-state index is 11.6. The zero-order chi connectivity index (χ0) is 15.5. The number of rotatable bonds is 3. The first-order valence-electron chi connectivity index (χ1n) is 6.43. The van der Waals surface area contributed by atoms with Crippen molar-refractivity contribution in [1.29, 1.82) is 5.26 Å². The lowest BCUT2D eigenvalue weighted by molar-refractivity contribution is 0.218. The van der Waals surface area contributed by atoms with Crippen LogP contribution in [-0.2, 0) is 6.54 Å². The molecule has 3 N–H and O–H groups in total. The van der Waals surface area contributed by atoms with E-state index in [2.05, 4.69) is 31.3 Å². The van der Waals surface area contributed by atoms with Crippen molar-refractivity contribution >= 4 is 23.0 Å². The van der Waals surface area contributed by atoms with Crippen molar-refractivity contribution in [3.8, 4) is 6.07 Å². The highest BCUT2D eigenvalue weighted by Gasteiger charge is 2.19. The Morgan fingerprint density at radius 2 is 2.41 bits per heavy atom. The van der Waals surface area contributed by atoms with Crippen LogP contribution in [0.3, 0.4) is 0 Å². The van der Waals surface area contributed by atoms with Gasteiger partial charge in [-0.2, -0.15) is 10.5 Å². The van der Waals surface area contributed by atoms with Crippen LogP contribution in [0.4, 0.5) is 16.2 Å². The lowest BCUT2D eigenvalue weighted by Gasteiger charge is -2.26. The Balaban J connectivity index is 1.81. The topological polar surface area (TPSA) is 123 Å². The van der Waals surface area contributed by atoms with Gasteiger partial charge in [-0.1, -0.05) is 0 Å². The molecular weight excluding hydrogens is 284 g/mol. The summed E-state index contributed by atoms with van der Waals surface area (Å²) in [6.45, 7) is 0.524. The van der Waals surface area contributed by atoms with Crippen LogP contribution < -0.4 is 10.6 Å². The van der Waals surface area contributed by atoms with Crippen LogP contribution in [0.5, 0.6) is 0 Å². The van der Waals surface area contributed by atoms with Gasteiger partial charge < -0.3 is 15.5 Å². The fourth-order valence-electron chi connectivity index (χ4n) is 2.05. The van der Waals surface area contributed by atoms with E-state index in [1.54, 1.807) is 11.9 Å². The van der Waals surface area contributed by atoms with Gasteiger partial charge in [0.15, 0.2) is 0 Å². The van der Waals surface area contributed by atoms with Gasteiger partial charge in [0.05, 0.1) is 0 Å². The van der Waals surface area contributed by atoms with Crippen LogP contribution in [0.1, 0.15) is 11.4 Å². The highest BCUT2D eigenvalue weighted by atomic mass is 16.2. The van der Waals surface area contributed by atoms with E-state index in [4.69, 9.17) is 5.26 Å². The minimum Gasteiger partial charge on any atom is -0.360 e. The van der Waals surface area contributed by atoms with Gasteiger partial charge in [-0.3, -0.25) is 0 Å². The Labute approximate surface area is 125 Å². The van der Waals surface area contributed by atoms with Crippen LogP contribution in [0, 0.1) is 11.3 Å². The van der Waals surface area contributed by atoms with Crippen LogP contribution in [-0.4, -0.2) is 38.6 Å². The van der Waals surface area contributed by atoms with Crippen LogP contribution in [0.15, 0.2) is 24.4 Å². The molecule has 0 atom stereocenters. The number of allylic oxidation sites excluding steroid dienone is 1. The number of nitrogens with one attached hydrogen (secondary N) is 3. The second kappa shape index (κ2) is 5.53. The van der Waals surface area contributed by atoms with Gasteiger partial charge in [-0.05, 0) is 29.0 Å². The highest BCUT2D eigenvalue weighted by molar-refractivity contribution is 5.92. The summed E-state index contributed by atoms with van der Waals surface area (Å²) in [4.78, 5) is 13.1. The number of amides is 2. The molecule has 9 heteroatoms. The predicted molar refractivity (Wildman–Crippen MR) is 78.3 cm³/mol. The van der Waals surface area contributed by atoms with E-state index in [1.807, 2.05) is 24.3 Å². The summed E-state index contributed by atoms with van der Waals surface area (Å²) >= 11 is 0. The average Bonchev–Trinajstić information content (AvgIpc) is 3.03. The van der Waals surface area contributed by atoms with Crippen LogP contribution in [0.25, 0.3) is 5.57 Å². The van der Waals surface area contributed by atoms with Gasteiger partial charge >= 0.3 is 6.03 Å². The van der Waals surface area contributed by atoms with Gasteiger partial charge in [0.1, 0.15) is 11.6 Å². The Kier molecular flexibility index (Phi) is 3.41. The molecule has 9 nitrogen and oxygen atoms in total. The molecule has 0 fully saturated rings. The second-order valence-electron chi connectivity index (χ2n) is 4.71. The van der Waals surface area contributed by atoms with Crippen LogP contribution >= 0.6 is 0 Å². The Morgan fingerprint density at radius 1 is 1.55 bits per heavy atom. The maximum atomic E-state index is 11.6. The van der Waals surface area contributed by atoms with Gasteiger partial charge in [0.25, 0.3) is 0 Å². The first-order valence-corrected chi connectivity index (χ1v) is 6.43. The van der Waals surface area contributed by atoms with E-state index in [9.17, 15) is 4.79 Å². The van der Waals surface area contributed by atoms with Crippen molar-refractivity contribution < 1.29 is 4.79 Å². The van der Waals surface area contributed by atoms with E-state index in [0.29, 0.717) is 6.54 Å². The number of nitrogens with zero attached hydrogens (tertiary/aromatic N) is 5. The van der Waals surface area contributed by atoms with E-state index in [0.717, 1.165) is 16.9 Å². The third kappa shape index (κ3) is 2.57. The second-order valence-corrected chi connectivity index (χ2v) is 4.71. The molecule has 0 saturated carbocycles. The number of carbonyl (C=O) groups excluding carboxylic acids is 1. The van der Waals surface area contributed by atoms with Crippen molar-refractivity contribution in [2.24, 2.45) is 0 Å². The molecule has 3 rings (SSSR count). The van der Waals surface area contributed by atoms with Gasteiger partial charge in [-0.15, -0.1) is 10.2 Å². The van der Waals surface area contributed by atoms with E-state index in [1.165, 1.54) is 6.20 Å². The highest BCUT2D eigenvalue weighted by Crippen LogP contribution is 2.26. The molecule has 0 aliphatic carbocycles. The van der Waals surface area contributed by atoms with E-state index >= 15 is 0 Å². The summed E-state index contributed by atoms with van der Waals surface area (Å²) < 4.78 is 0. The molecule has 0 unspecified atom stereocenters. The molecule has 2 amide bonds. The number of H-pyrrole nitrogens is 1. The molecule has 0 spiro atoms. The Morgan fingerprint density at radius 3 is 3.14 bits per heavy atom. The van der Waals surface area contributed by atoms with E-state index < -0.39 is 0 Å². The van der Waals surface area contributed by atoms with Gasteiger partial charge in [0, 0.05) is 31.2 Å². The number of urea groups is 1. The molecular formula is C13H12N8O. The number of tetrazole rings is 1. The minimum absolute atomic E-state index is 0.128. The number of hydrogen-bond donors (Lipinski definition) is 3. The first-order chi connectivity index (χ1) is 10.7. The number of carbonyl (C=O) groups is 1. The van der Waals surface area contributed by atoms with Gasteiger partial charge in [0.2, 0.25) is 5.82 Å². The summed E-state index contributed by atoms with van der Waals surface area (Å²) in [6, 6.07) is 7.41. The number of benzene rings is 1. The van der Waals surface area contributed by atoms with Crippen molar-refractivity contribution in [3.05, 3.63) is 35.8 Å². The zero-order valence-corrected chi connectivity index (χ0v) is 11.7. The molecule has 1 aliphatic heterocycles. The SMILES string of the molecule is CN1Cc2cc(NC=C(C#N)c3nn[nH]n3)ccc2NC1=O. The lowest BCUT2D eigenvalue weighted by atomic mass is 10.1. The monoisotopic (exact) mass is 296 g/mol. The van der Waals surface area contributed by atoms with E-state index in [-0.39, 0.29) is 17.4 Å². The van der Waals surface area contributed by atoms with Crippen LogP contribution in [0.2, 0.25) is 0 Å². The summed E-state index contributed by atoms with van der Waals surface area (Å²) in [5.74, 6) is 0.222. The quantitative estimate of drug-likeness (QED) is 0.730. The number of nitriles is 1. The van der Waals surface area contributed by atoms with Crippen molar-refractivity contribution in [1.82, 2.24) is 25.5 Å². The Bertz CT molecular complexity index is 774. The number of anilines is 2. The maximum Gasteiger partial charge on any atom is 0.321 e. The molecule has 0 bridgehead atoms. The average molecular weight is 296 g/mol. The molecule has 110 valence electrons. The third-order valence-electron chi connectivity index (χ3n) is 3.19. The molecule has 2 aromatic rings. The molecule has 0 saturated heterocycles. The number of aromatic nitrogens is 4. The standard InChI is InChI=1S/C13H12N8O/c1-21-7-8-4-10(2-3-11(8)16-13(21)22)15-6-9(5-14)12-17-19-20-18-12/h2-4,6,15H,7H2,1H3,(H,16,22)(H,17,18,19,20). The molecule has 1 aromatic carbocycles. The smallest absolute Gasteiger partial charge is 0.321 e. The van der Waals surface area contributed by atoms with Gasteiger partial charge in [-0.25, -0.2) is 4.79 Å². The third-order valence-corrected chi connectivity index (χ3v) is 3.19. The lowest BCUT2D eigenvalue weighted by Crippen LogP contribution is -2.35. The minimum atomic E-state index is -0.128. The summed E-state index contributed by atoms with van der Waals surface area (Å²) in [5, 5.41) is 28.1. The van der Waals surface area contributed by atoms with Crippen molar-refractivity contribution in [3.63, 3.8) is 0 Å². The summed E-state index contributed by atoms with van der Waals surface area (Å²) in [7, 11) is 1.72. The molecule has 22 heavy (non-hydrogen) atoms. The zero-order valence-electron chi connectivity index (χ0n) is 11.7. The number of hydrogen-bond acceptors (Lipinski definition) is 6. The Hall–Kier alpha value is -3.41. The fourth-order valence-corrected chi connectivity index (χ4v) is 2.05. The first kappa shape index (κ1) is 13.6. The normalized spacial score (nSPS) is 14.1. The molecule has 1 aromatic heterocycles. The molecule has 2 heterocycles. The molecule has 1 aliphatic rings. The fraction of sp³-hybridized carbons (Fsp3) is 0.154. The van der Waals surface area contributed by atoms with Crippen molar-refractivity contribution in [2.75, 3.05) is 17.7 Å². The summed E-state index contributed by atoms with van der Waals surface area (Å²) in [5.41, 5.74) is 2.83. The number of fused-ring (bicyclic) bond motifs is 1. The van der Waals surface area contributed by atoms with Crippen molar-refractivity contribution in [2.45, 2.75) is 6.54 Å².